The molecule has 0 radical (unpaired) electrons. The van der Waals surface area contributed by atoms with Gasteiger partial charge in [0, 0.05) is 12.1 Å². The molecule has 6 nitrogen and oxygen atoms in total. The lowest BCUT2D eigenvalue weighted by Crippen LogP contribution is -2.16. The lowest BCUT2D eigenvalue weighted by atomic mass is 10.1. The minimum Gasteiger partial charge on any atom is -0.348 e. The van der Waals surface area contributed by atoms with Crippen LogP contribution in [0.4, 0.5) is 14.7 Å². The van der Waals surface area contributed by atoms with Crippen LogP contribution in [0, 0.1) is 17.6 Å². The van der Waals surface area contributed by atoms with Gasteiger partial charge in [0.2, 0.25) is 5.95 Å². The van der Waals surface area contributed by atoms with Gasteiger partial charge in [0.15, 0.2) is 5.65 Å². The summed E-state index contributed by atoms with van der Waals surface area (Å²) in [5.74, 6) is 0.385. The Morgan fingerprint density at radius 2 is 1.97 bits per heavy atom. The van der Waals surface area contributed by atoms with Crippen LogP contribution in [0.25, 0.3) is 22.6 Å². The van der Waals surface area contributed by atoms with Crippen LogP contribution in [0.5, 0.6) is 0 Å². The van der Waals surface area contributed by atoms with Crippen molar-refractivity contribution >= 4 is 28.7 Å². The quantitative estimate of drug-likeness (QED) is 0.406. The summed E-state index contributed by atoms with van der Waals surface area (Å²) in [5.41, 5.74) is 1.89. The molecule has 33 heavy (non-hydrogen) atoms. The van der Waals surface area contributed by atoms with Gasteiger partial charge < -0.3 is 15.2 Å². The number of nitrogens with zero attached hydrogens (tertiary/aromatic N) is 4. The molecule has 2 N–H and O–H groups in total. The van der Waals surface area contributed by atoms with Gasteiger partial charge in [-0.05, 0) is 50.6 Å². The zero-order chi connectivity index (χ0) is 22.9. The number of rotatable bonds is 6. The van der Waals surface area contributed by atoms with Crippen LogP contribution in [0.2, 0.25) is 5.02 Å². The Kier molecular flexibility index (Phi) is 5.95. The number of benzene rings is 2. The molecule has 2 atom stereocenters. The van der Waals surface area contributed by atoms with E-state index in [0.29, 0.717) is 41.0 Å². The van der Waals surface area contributed by atoms with E-state index in [4.69, 9.17) is 11.6 Å². The number of halogens is 3. The summed E-state index contributed by atoms with van der Waals surface area (Å²) in [6.07, 6.45) is 2.60. The molecule has 5 rings (SSSR count). The Hall–Kier alpha value is -3.10. The van der Waals surface area contributed by atoms with Crippen LogP contribution in [0.1, 0.15) is 24.9 Å². The van der Waals surface area contributed by atoms with E-state index in [0.717, 1.165) is 19.5 Å². The number of anilines is 1. The van der Waals surface area contributed by atoms with Crippen molar-refractivity contribution in [3.63, 3.8) is 0 Å². The van der Waals surface area contributed by atoms with Crippen LogP contribution in [0.15, 0.2) is 48.7 Å². The molecule has 1 saturated heterocycles. The number of imidazole rings is 1. The van der Waals surface area contributed by atoms with E-state index in [1.54, 1.807) is 36.5 Å². The van der Waals surface area contributed by atoms with Crippen molar-refractivity contribution in [2.75, 3.05) is 18.4 Å². The number of fused-ring (bicyclic) bond motifs is 1. The first-order valence-corrected chi connectivity index (χ1v) is 11.3. The number of hydrogen-bond donors (Lipinski definition) is 2. The molecular weight excluding hydrogens is 446 g/mol. The van der Waals surface area contributed by atoms with E-state index in [1.165, 1.54) is 12.1 Å². The molecular formula is C24H23ClF2N6. The average molecular weight is 469 g/mol. The van der Waals surface area contributed by atoms with Gasteiger partial charge >= 0.3 is 0 Å². The standard InChI is InChI=1S/C24H23ClF2N6/c1-14(16-5-2-3-7-18(16)26)30-24-29-12-20-22(32-24)33(13-15-9-10-28-11-15)23(31-20)21-17(25)6-4-8-19(21)27/h2-8,12,14-15,28H,9-11,13H2,1H3,(H,29,30,32)/t14-,15?/m0/s1. The fraction of sp³-hybridized carbons (Fsp3) is 0.292. The molecule has 0 saturated carbocycles. The fourth-order valence-corrected chi connectivity index (χ4v) is 4.54. The van der Waals surface area contributed by atoms with Crippen LogP contribution in [-0.4, -0.2) is 32.6 Å². The Morgan fingerprint density at radius 1 is 1.15 bits per heavy atom. The van der Waals surface area contributed by atoms with Crippen molar-refractivity contribution in [1.82, 2.24) is 24.8 Å². The zero-order valence-electron chi connectivity index (χ0n) is 18.0. The molecule has 1 fully saturated rings. The maximum Gasteiger partial charge on any atom is 0.225 e. The summed E-state index contributed by atoms with van der Waals surface area (Å²) in [6, 6.07) is 10.8. The fourth-order valence-electron chi connectivity index (χ4n) is 4.29. The maximum atomic E-state index is 14.8. The van der Waals surface area contributed by atoms with Crippen molar-refractivity contribution in [2.24, 2.45) is 5.92 Å². The van der Waals surface area contributed by atoms with Gasteiger partial charge in [0.1, 0.15) is 23.0 Å². The van der Waals surface area contributed by atoms with Crippen LogP contribution in [-0.2, 0) is 6.54 Å². The van der Waals surface area contributed by atoms with Crippen molar-refractivity contribution in [3.05, 3.63) is 70.9 Å². The van der Waals surface area contributed by atoms with Gasteiger partial charge in [-0.25, -0.2) is 18.7 Å². The minimum absolute atomic E-state index is 0.248. The zero-order valence-corrected chi connectivity index (χ0v) is 18.8. The largest absolute Gasteiger partial charge is 0.348 e. The lowest BCUT2D eigenvalue weighted by molar-refractivity contribution is 0.489. The second kappa shape index (κ2) is 9.03. The van der Waals surface area contributed by atoms with Crippen molar-refractivity contribution < 1.29 is 8.78 Å². The normalized spacial score (nSPS) is 16.9. The highest BCUT2D eigenvalue weighted by Gasteiger charge is 2.24. The predicted molar refractivity (Wildman–Crippen MR) is 125 cm³/mol. The first kappa shape index (κ1) is 21.7. The summed E-state index contributed by atoms with van der Waals surface area (Å²) in [4.78, 5) is 13.7. The van der Waals surface area contributed by atoms with E-state index in [-0.39, 0.29) is 22.4 Å². The number of hydrogen-bond acceptors (Lipinski definition) is 5. The summed E-state index contributed by atoms with van der Waals surface area (Å²) >= 11 is 6.37. The Labute approximate surface area is 195 Å². The molecule has 1 aliphatic rings. The molecule has 0 spiro atoms. The number of aromatic nitrogens is 4. The second-order valence-electron chi connectivity index (χ2n) is 8.29. The molecule has 2 aromatic heterocycles. The van der Waals surface area contributed by atoms with Crippen molar-refractivity contribution in [3.8, 4) is 11.4 Å². The van der Waals surface area contributed by atoms with E-state index >= 15 is 0 Å². The highest BCUT2D eigenvalue weighted by atomic mass is 35.5. The smallest absolute Gasteiger partial charge is 0.225 e. The summed E-state index contributed by atoms with van der Waals surface area (Å²) < 4.78 is 30.9. The SMILES string of the molecule is C[C@H](Nc1ncc2nc(-c3c(F)cccc3Cl)n(CC3CCNC3)c2n1)c1ccccc1F. The van der Waals surface area contributed by atoms with Crippen molar-refractivity contribution in [1.29, 1.82) is 0 Å². The Balaban J connectivity index is 1.58. The van der Waals surface area contributed by atoms with Gasteiger partial charge in [-0.3, -0.25) is 0 Å². The van der Waals surface area contributed by atoms with Crippen LogP contribution < -0.4 is 10.6 Å². The minimum atomic E-state index is -0.442. The molecule has 2 aromatic carbocycles. The monoisotopic (exact) mass is 468 g/mol. The predicted octanol–water partition coefficient (Wildman–Crippen LogP) is 5.21. The molecule has 1 unspecified atom stereocenters. The molecule has 3 heterocycles. The third-order valence-corrected chi connectivity index (χ3v) is 6.31. The summed E-state index contributed by atoms with van der Waals surface area (Å²) in [7, 11) is 0. The van der Waals surface area contributed by atoms with E-state index in [9.17, 15) is 8.78 Å². The molecule has 1 aliphatic heterocycles. The number of nitrogens with one attached hydrogen (secondary N) is 2. The van der Waals surface area contributed by atoms with Crippen molar-refractivity contribution in [2.45, 2.75) is 25.9 Å². The van der Waals surface area contributed by atoms with Gasteiger partial charge in [0.05, 0.1) is 22.8 Å². The maximum absolute atomic E-state index is 14.8. The second-order valence-corrected chi connectivity index (χ2v) is 8.70. The van der Waals surface area contributed by atoms with Crippen LogP contribution in [0.3, 0.4) is 0 Å². The first-order valence-electron chi connectivity index (χ1n) is 10.9. The van der Waals surface area contributed by atoms with E-state index < -0.39 is 5.82 Å². The molecule has 9 heteroatoms. The summed E-state index contributed by atoms with van der Waals surface area (Å²) in [6.45, 7) is 4.26. The molecule has 0 bridgehead atoms. The van der Waals surface area contributed by atoms with E-state index in [2.05, 4.69) is 25.6 Å². The topological polar surface area (TPSA) is 67.7 Å². The average Bonchev–Trinajstić information content (AvgIpc) is 3.43. The van der Waals surface area contributed by atoms with Gasteiger partial charge in [0.25, 0.3) is 0 Å². The third kappa shape index (κ3) is 4.28. The van der Waals surface area contributed by atoms with E-state index in [1.807, 2.05) is 11.5 Å². The lowest BCUT2D eigenvalue weighted by Gasteiger charge is -2.16. The Bertz CT molecular complexity index is 1280. The molecule has 170 valence electrons. The Morgan fingerprint density at radius 3 is 2.73 bits per heavy atom. The first-order chi connectivity index (χ1) is 16.0. The molecule has 0 aliphatic carbocycles. The van der Waals surface area contributed by atoms with Gasteiger partial charge in [-0.15, -0.1) is 0 Å². The van der Waals surface area contributed by atoms with Gasteiger partial charge in [-0.1, -0.05) is 35.9 Å². The highest BCUT2D eigenvalue weighted by Crippen LogP contribution is 2.33. The highest BCUT2D eigenvalue weighted by molar-refractivity contribution is 6.33. The third-order valence-electron chi connectivity index (χ3n) is 5.99. The molecule has 4 aromatic rings. The summed E-state index contributed by atoms with van der Waals surface area (Å²) in [5, 5.41) is 6.82. The molecule has 0 amide bonds. The van der Waals surface area contributed by atoms with Crippen LogP contribution >= 0.6 is 11.6 Å². The van der Waals surface area contributed by atoms with Gasteiger partial charge in [-0.2, -0.15) is 4.98 Å².